The van der Waals surface area contributed by atoms with Crippen molar-refractivity contribution in [3.63, 3.8) is 0 Å². The molecule has 0 spiro atoms. The van der Waals surface area contributed by atoms with Crippen LogP contribution in [0.4, 0.5) is 16.6 Å². The zero-order chi connectivity index (χ0) is 18.1. The number of pyridine rings is 1. The van der Waals surface area contributed by atoms with E-state index in [9.17, 15) is 0 Å². The van der Waals surface area contributed by atoms with E-state index >= 15 is 0 Å². The molecule has 2 atom stereocenters. The predicted octanol–water partition coefficient (Wildman–Crippen LogP) is 3.61. The second-order valence-electron chi connectivity index (χ2n) is 7.33. The minimum absolute atomic E-state index is 0.438. The number of nitrogens with zero attached hydrogens (tertiary/aromatic N) is 4. The van der Waals surface area contributed by atoms with E-state index in [4.69, 9.17) is 0 Å². The number of hydrogen-bond donors (Lipinski definition) is 3. The highest BCUT2D eigenvalue weighted by molar-refractivity contribution is 7.09. The van der Waals surface area contributed by atoms with Gasteiger partial charge in [0.25, 0.3) is 0 Å². The first-order valence-electron chi connectivity index (χ1n) is 9.55. The third-order valence-electron chi connectivity index (χ3n) is 5.18. The van der Waals surface area contributed by atoms with Gasteiger partial charge in [-0.3, -0.25) is 5.01 Å². The van der Waals surface area contributed by atoms with E-state index in [1.54, 1.807) is 0 Å². The molecule has 7 nitrogen and oxygen atoms in total. The summed E-state index contributed by atoms with van der Waals surface area (Å²) in [5, 5.41) is 10.0. The molecule has 2 fully saturated rings. The zero-order valence-electron chi connectivity index (χ0n) is 15.0. The molecule has 2 aromatic heterocycles. The molecule has 0 amide bonds. The van der Waals surface area contributed by atoms with Crippen LogP contribution in [0.25, 0.3) is 0 Å². The summed E-state index contributed by atoms with van der Waals surface area (Å²) in [4.78, 5) is 9.21. The number of nitrogens with one attached hydrogen (secondary N) is 3. The van der Waals surface area contributed by atoms with Crippen LogP contribution in [-0.4, -0.2) is 26.4 Å². The van der Waals surface area contributed by atoms with Gasteiger partial charge in [0.15, 0.2) is 0 Å². The number of hydrazine groups is 1. The van der Waals surface area contributed by atoms with Gasteiger partial charge >= 0.3 is 0 Å². The molecule has 1 aliphatic heterocycles. The second-order valence-corrected chi connectivity index (χ2v) is 8.08. The van der Waals surface area contributed by atoms with Crippen LogP contribution >= 0.6 is 11.5 Å². The average Bonchev–Trinajstić information content (AvgIpc) is 3.31. The minimum Gasteiger partial charge on any atom is -0.367 e. The predicted molar refractivity (Wildman–Crippen MR) is 109 cm³/mol. The molecule has 8 heteroatoms. The number of hydrogen-bond acceptors (Lipinski definition) is 8. The summed E-state index contributed by atoms with van der Waals surface area (Å²) < 4.78 is 4.48. The van der Waals surface area contributed by atoms with E-state index in [-0.39, 0.29) is 0 Å². The quantitative estimate of drug-likeness (QED) is 0.705. The first kappa shape index (κ1) is 16.6. The van der Waals surface area contributed by atoms with Crippen molar-refractivity contribution in [3.05, 3.63) is 48.7 Å². The number of anilines is 3. The Balaban J connectivity index is 1.13. The molecular weight excluding hydrogens is 358 g/mol. The van der Waals surface area contributed by atoms with E-state index < -0.39 is 0 Å². The lowest BCUT2D eigenvalue weighted by atomic mass is 10.2. The fourth-order valence-corrected chi connectivity index (χ4v) is 4.28. The van der Waals surface area contributed by atoms with Crippen LogP contribution in [0, 0.1) is 0 Å². The van der Waals surface area contributed by atoms with Crippen LogP contribution in [-0.2, 0) is 0 Å². The fraction of sp³-hybridized carbons (Fsp3) is 0.421. The van der Waals surface area contributed by atoms with Crippen molar-refractivity contribution in [2.75, 3.05) is 15.6 Å². The standard InChI is InChI=1S/C19H23N7S/c1-2-10-26(21-9-1)16-7-8-17(20-12-16)22-14-5-6-15(11-14)23-19-24-18(25-27-19)13-3-4-13/h1-2,7-10,12-15,21H,3-6,11H2,(H,20,22)(H,23,24,25)/t14-,15-/m0/s1. The molecule has 3 heterocycles. The van der Waals surface area contributed by atoms with Gasteiger partial charge in [-0.15, -0.1) is 0 Å². The number of rotatable bonds is 6. The molecule has 0 unspecified atom stereocenters. The van der Waals surface area contributed by atoms with Crippen LogP contribution in [0.1, 0.15) is 43.8 Å². The summed E-state index contributed by atoms with van der Waals surface area (Å²) in [6.07, 6.45) is 15.5. The number of allylic oxidation sites excluding steroid dienone is 2. The van der Waals surface area contributed by atoms with Gasteiger partial charge in [-0.2, -0.15) is 4.37 Å². The van der Waals surface area contributed by atoms with Gasteiger partial charge in [-0.05, 0) is 56.4 Å². The van der Waals surface area contributed by atoms with Crippen LogP contribution in [0.3, 0.4) is 0 Å². The molecular formula is C19H23N7S. The molecule has 5 rings (SSSR count). The van der Waals surface area contributed by atoms with Crippen molar-refractivity contribution in [3.8, 4) is 0 Å². The Morgan fingerprint density at radius 2 is 1.96 bits per heavy atom. The van der Waals surface area contributed by atoms with Crippen molar-refractivity contribution in [1.29, 1.82) is 0 Å². The van der Waals surface area contributed by atoms with E-state index in [2.05, 4.69) is 36.5 Å². The first-order chi connectivity index (χ1) is 13.3. The largest absolute Gasteiger partial charge is 0.367 e. The van der Waals surface area contributed by atoms with E-state index in [1.807, 2.05) is 41.8 Å². The molecule has 2 saturated carbocycles. The van der Waals surface area contributed by atoms with Gasteiger partial charge in [0, 0.05) is 41.9 Å². The van der Waals surface area contributed by atoms with Crippen LogP contribution in [0.5, 0.6) is 0 Å². The highest BCUT2D eigenvalue weighted by atomic mass is 32.1. The van der Waals surface area contributed by atoms with E-state index in [1.165, 1.54) is 24.4 Å². The molecule has 140 valence electrons. The number of aromatic nitrogens is 3. The molecule has 2 aliphatic carbocycles. The van der Waals surface area contributed by atoms with Crippen molar-refractivity contribution in [1.82, 2.24) is 19.8 Å². The van der Waals surface area contributed by atoms with Gasteiger partial charge in [0.05, 0.1) is 11.9 Å². The summed E-state index contributed by atoms with van der Waals surface area (Å²) in [7, 11) is 0. The Hall–Kier alpha value is -2.61. The normalized spacial score (nSPS) is 24.1. The van der Waals surface area contributed by atoms with Gasteiger partial charge in [0.2, 0.25) is 5.13 Å². The second kappa shape index (κ2) is 7.19. The third-order valence-corrected chi connectivity index (χ3v) is 5.84. The van der Waals surface area contributed by atoms with Crippen molar-refractivity contribution < 1.29 is 0 Å². The first-order valence-corrected chi connectivity index (χ1v) is 10.3. The van der Waals surface area contributed by atoms with Crippen LogP contribution in [0.15, 0.2) is 42.9 Å². The molecule has 3 aliphatic rings. The monoisotopic (exact) mass is 381 g/mol. The summed E-state index contributed by atoms with van der Waals surface area (Å²) in [6.45, 7) is 0. The van der Waals surface area contributed by atoms with Crippen LogP contribution < -0.4 is 21.1 Å². The van der Waals surface area contributed by atoms with Crippen molar-refractivity contribution in [2.45, 2.75) is 50.1 Å². The summed E-state index contributed by atoms with van der Waals surface area (Å²) in [5.74, 6) is 2.58. The zero-order valence-corrected chi connectivity index (χ0v) is 15.8. The van der Waals surface area contributed by atoms with Gasteiger partial charge in [-0.1, -0.05) is 0 Å². The van der Waals surface area contributed by atoms with Crippen molar-refractivity contribution >= 4 is 28.2 Å². The lowest BCUT2D eigenvalue weighted by Gasteiger charge is -2.22. The SMILES string of the molecule is C1=CNN(c2ccc(N[C@H]3CC[C@H](Nc4nc(C5CC5)ns4)C3)nc2)C=C1. The highest BCUT2D eigenvalue weighted by Crippen LogP contribution is 2.39. The molecule has 2 aromatic rings. The Kier molecular flexibility index (Phi) is 4.41. The fourth-order valence-electron chi connectivity index (χ4n) is 3.56. The Bertz CT molecular complexity index is 840. The van der Waals surface area contributed by atoms with Gasteiger partial charge < -0.3 is 16.1 Å². The Labute approximate surface area is 162 Å². The molecule has 3 N–H and O–H groups in total. The Morgan fingerprint density at radius 1 is 1.07 bits per heavy atom. The minimum atomic E-state index is 0.438. The Morgan fingerprint density at radius 3 is 2.70 bits per heavy atom. The summed E-state index contributed by atoms with van der Waals surface area (Å²) >= 11 is 1.50. The average molecular weight is 382 g/mol. The molecule has 0 aromatic carbocycles. The maximum atomic E-state index is 4.64. The summed E-state index contributed by atoms with van der Waals surface area (Å²) in [5.41, 5.74) is 4.17. The third kappa shape index (κ3) is 3.90. The van der Waals surface area contributed by atoms with E-state index in [0.717, 1.165) is 41.7 Å². The van der Waals surface area contributed by atoms with Crippen LogP contribution in [0.2, 0.25) is 0 Å². The van der Waals surface area contributed by atoms with Crippen molar-refractivity contribution in [2.24, 2.45) is 0 Å². The van der Waals surface area contributed by atoms with Gasteiger partial charge in [-0.25, -0.2) is 9.97 Å². The lowest BCUT2D eigenvalue weighted by molar-refractivity contribution is 0.721. The van der Waals surface area contributed by atoms with Gasteiger partial charge in [0.1, 0.15) is 11.6 Å². The maximum absolute atomic E-state index is 4.64. The smallest absolute Gasteiger partial charge is 0.202 e. The maximum Gasteiger partial charge on any atom is 0.202 e. The van der Waals surface area contributed by atoms with E-state index in [0.29, 0.717) is 18.0 Å². The molecule has 0 radical (unpaired) electrons. The summed E-state index contributed by atoms with van der Waals surface area (Å²) in [6, 6.07) is 5.00. The highest BCUT2D eigenvalue weighted by Gasteiger charge is 2.29. The molecule has 0 saturated heterocycles. The molecule has 27 heavy (non-hydrogen) atoms. The topological polar surface area (TPSA) is 78.0 Å². The molecule has 0 bridgehead atoms. The lowest BCUT2D eigenvalue weighted by Crippen LogP contribution is -2.30.